The third-order valence-corrected chi connectivity index (χ3v) is 3.14. The molecule has 0 spiro atoms. The van der Waals surface area contributed by atoms with Gasteiger partial charge in [-0.2, -0.15) is 0 Å². The van der Waals surface area contributed by atoms with Crippen LogP contribution >= 0.6 is 15.9 Å². The van der Waals surface area contributed by atoms with Crippen molar-refractivity contribution < 1.29 is 9.53 Å². The molecule has 4 nitrogen and oxygen atoms in total. The van der Waals surface area contributed by atoms with Crippen LogP contribution in [0.1, 0.15) is 6.42 Å². The van der Waals surface area contributed by atoms with Gasteiger partial charge in [0.05, 0.1) is 12.6 Å². The fraction of sp³-hybridized carbons (Fsp3) is 0.364. The number of amides is 1. The number of hydrogen-bond donors (Lipinski definition) is 1. The van der Waals surface area contributed by atoms with E-state index in [0.717, 1.165) is 16.6 Å². The van der Waals surface area contributed by atoms with Crippen molar-refractivity contribution in [3.63, 3.8) is 0 Å². The van der Waals surface area contributed by atoms with Gasteiger partial charge in [-0.15, -0.1) is 0 Å². The number of carbonyl (C=O) groups excluding carboxylic acids is 1. The Bertz CT molecular complexity index is 380. The quantitative estimate of drug-likeness (QED) is 0.905. The third kappa shape index (κ3) is 2.20. The van der Waals surface area contributed by atoms with Crippen LogP contribution in [-0.4, -0.2) is 25.3 Å². The number of benzene rings is 1. The van der Waals surface area contributed by atoms with Crippen molar-refractivity contribution in [3.05, 3.63) is 28.7 Å². The molecule has 1 unspecified atom stereocenters. The van der Waals surface area contributed by atoms with E-state index in [2.05, 4.69) is 15.9 Å². The van der Waals surface area contributed by atoms with E-state index >= 15 is 0 Å². The molecule has 1 saturated heterocycles. The molecule has 1 heterocycles. The zero-order valence-corrected chi connectivity index (χ0v) is 10.3. The number of rotatable bonds is 2. The van der Waals surface area contributed by atoms with Crippen molar-refractivity contribution in [2.75, 3.05) is 18.1 Å². The predicted molar refractivity (Wildman–Crippen MR) is 65.4 cm³/mol. The molecule has 0 saturated carbocycles. The predicted octanol–water partition coefficient (Wildman–Crippen LogP) is 2.12. The van der Waals surface area contributed by atoms with Crippen molar-refractivity contribution in [3.8, 4) is 0 Å². The fourth-order valence-electron chi connectivity index (χ4n) is 1.77. The standard InChI is InChI=1S/C11H13BrN2O2/c12-8-1-3-9(4-2-8)14-10(7-13)5-6-16-11(14)15/h1-4,10H,5-7,13H2. The first-order valence-electron chi connectivity index (χ1n) is 5.14. The van der Waals surface area contributed by atoms with Gasteiger partial charge in [0.15, 0.2) is 0 Å². The first-order chi connectivity index (χ1) is 7.72. The largest absolute Gasteiger partial charge is 0.449 e. The molecule has 86 valence electrons. The number of nitrogens with two attached hydrogens (primary N) is 1. The average molecular weight is 285 g/mol. The molecule has 0 aromatic heterocycles. The van der Waals surface area contributed by atoms with E-state index < -0.39 is 0 Å². The van der Waals surface area contributed by atoms with Crippen LogP contribution in [0.25, 0.3) is 0 Å². The monoisotopic (exact) mass is 284 g/mol. The first-order valence-corrected chi connectivity index (χ1v) is 5.93. The van der Waals surface area contributed by atoms with Gasteiger partial charge in [-0.05, 0) is 24.3 Å². The number of ether oxygens (including phenoxy) is 1. The smallest absolute Gasteiger partial charge is 0.414 e. The van der Waals surface area contributed by atoms with Gasteiger partial charge >= 0.3 is 6.09 Å². The van der Waals surface area contributed by atoms with Crippen molar-refractivity contribution in [1.82, 2.24) is 0 Å². The number of cyclic esters (lactones) is 1. The molecule has 2 N–H and O–H groups in total. The zero-order valence-electron chi connectivity index (χ0n) is 8.73. The second kappa shape index (κ2) is 4.84. The number of halogens is 1. The highest BCUT2D eigenvalue weighted by atomic mass is 79.9. The molecule has 16 heavy (non-hydrogen) atoms. The molecular formula is C11H13BrN2O2. The molecule has 1 aromatic carbocycles. The second-order valence-corrected chi connectivity index (χ2v) is 4.55. The van der Waals surface area contributed by atoms with Crippen molar-refractivity contribution in [2.24, 2.45) is 5.73 Å². The Balaban J connectivity index is 2.28. The Morgan fingerprint density at radius 3 is 2.75 bits per heavy atom. The lowest BCUT2D eigenvalue weighted by atomic mass is 10.1. The van der Waals surface area contributed by atoms with Crippen molar-refractivity contribution in [2.45, 2.75) is 12.5 Å². The van der Waals surface area contributed by atoms with Crippen LogP contribution in [0.3, 0.4) is 0 Å². The van der Waals surface area contributed by atoms with Gasteiger partial charge in [0.1, 0.15) is 0 Å². The van der Waals surface area contributed by atoms with Crippen LogP contribution in [0, 0.1) is 0 Å². The van der Waals surface area contributed by atoms with Gasteiger partial charge in [0.25, 0.3) is 0 Å². The van der Waals surface area contributed by atoms with Crippen molar-refractivity contribution >= 4 is 27.7 Å². The Labute approximate surface area is 102 Å². The Morgan fingerprint density at radius 2 is 2.12 bits per heavy atom. The van der Waals surface area contributed by atoms with Gasteiger partial charge in [-0.25, -0.2) is 4.79 Å². The molecule has 0 radical (unpaired) electrons. The lowest BCUT2D eigenvalue weighted by Gasteiger charge is -2.34. The summed E-state index contributed by atoms with van der Waals surface area (Å²) in [7, 11) is 0. The third-order valence-electron chi connectivity index (χ3n) is 2.62. The molecule has 1 aliphatic heterocycles. The summed E-state index contributed by atoms with van der Waals surface area (Å²) in [5.41, 5.74) is 6.49. The molecule has 1 atom stereocenters. The summed E-state index contributed by atoms with van der Waals surface area (Å²) < 4.78 is 6.00. The molecule has 1 aromatic rings. The Kier molecular flexibility index (Phi) is 3.46. The summed E-state index contributed by atoms with van der Waals surface area (Å²) in [6, 6.07) is 7.57. The van der Waals surface area contributed by atoms with Crippen LogP contribution in [0.4, 0.5) is 10.5 Å². The maximum Gasteiger partial charge on any atom is 0.414 e. The minimum absolute atomic E-state index is 0.0300. The Hall–Kier alpha value is -1.07. The van der Waals surface area contributed by atoms with E-state index in [1.54, 1.807) is 4.90 Å². The summed E-state index contributed by atoms with van der Waals surface area (Å²) in [5.74, 6) is 0. The minimum Gasteiger partial charge on any atom is -0.449 e. The van der Waals surface area contributed by atoms with Gasteiger partial charge in [-0.1, -0.05) is 15.9 Å². The summed E-state index contributed by atoms with van der Waals surface area (Å²) in [6.45, 7) is 0.902. The zero-order chi connectivity index (χ0) is 11.5. The number of nitrogens with zero attached hydrogens (tertiary/aromatic N) is 1. The highest BCUT2D eigenvalue weighted by Gasteiger charge is 2.29. The molecular weight excluding hydrogens is 272 g/mol. The number of carbonyl (C=O) groups is 1. The lowest BCUT2D eigenvalue weighted by Crippen LogP contribution is -2.49. The molecule has 5 heteroatoms. The maximum absolute atomic E-state index is 11.7. The van der Waals surface area contributed by atoms with Crippen molar-refractivity contribution in [1.29, 1.82) is 0 Å². The van der Waals surface area contributed by atoms with Crippen LogP contribution in [0.2, 0.25) is 0 Å². The van der Waals surface area contributed by atoms with Gasteiger partial charge < -0.3 is 10.5 Å². The second-order valence-electron chi connectivity index (χ2n) is 3.64. The highest BCUT2D eigenvalue weighted by Crippen LogP contribution is 2.24. The Morgan fingerprint density at radius 1 is 1.44 bits per heavy atom. The SMILES string of the molecule is NCC1CCOC(=O)N1c1ccc(Br)cc1. The molecule has 1 aliphatic rings. The van der Waals surface area contributed by atoms with E-state index in [1.807, 2.05) is 24.3 Å². The molecule has 1 amide bonds. The first kappa shape index (κ1) is 11.4. The summed E-state index contributed by atoms with van der Waals surface area (Å²) >= 11 is 3.36. The van der Waals surface area contributed by atoms with Crippen LogP contribution in [0.5, 0.6) is 0 Å². The van der Waals surface area contributed by atoms with E-state index in [4.69, 9.17) is 10.5 Å². The van der Waals surface area contributed by atoms with Gasteiger partial charge in [-0.3, -0.25) is 4.90 Å². The normalized spacial score (nSPS) is 20.8. The van der Waals surface area contributed by atoms with Crippen LogP contribution in [-0.2, 0) is 4.74 Å². The summed E-state index contributed by atoms with van der Waals surface area (Å²) in [4.78, 5) is 13.3. The van der Waals surface area contributed by atoms with E-state index in [1.165, 1.54) is 0 Å². The molecule has 2 rings (SSSR count). The van der Waals surface area contributed by atoms with Crippen LogP contribution in [0.15, 0.2) is 28.7 Å². The highest BCUT2D eigenvalue weighted by molar-refractivity contribution is 9.10. The number of hydrogen-bond acceptors (Lipinski definition) is 3. The fourth-order valence-corrected chi connectivity index (χ4v) is 2.04. The topological polar surface area (TPSA) is 55.6 Å². The summed E-state index contributed by atoms with van der Waals surface area (Å²) in [5, 5.41) is 0. The summed E-state index contributed by atoms with van der Waals surface area (Å²) in [6.07, 6.45) is 0.460. The number of anilines is 1. The van der Waals surface area contributed by atoms with E-state index in [0.29, 0.717) is 13.2 Å². The van der Waals surface area contributed by atoms with Gasteiger partial charge in [0.2, 0.25) is 0 Å². The molecule has 0 bridgehead atoms. The maximum atomic E-state index is 11.7. The van der Waals surface area contributed by atoms with Gasteiger partial charge in [0, 0.05) is 23.1 Å². The average Bonchev–Trinajstić information content (AvgIpc) is 2.30. The van der Waals surface area contributed by atoms with Crippen LogP contribution < -0.4 is 10.6 Å². The lowest BCUT2D eigenvalue weighted by molar-refractivity contribution is 0.130. The minimum atomic E-state index is -0.316. The molecule has 1 fully saturated rings. The van der Waals surface area contributed by atoms with E-state index in [9.17, 15) is 4.79 Å². The van der Waals surface area contributed by atoms with E-state index in [-0.39, 0.29) is 12.1 Å². The molecule has 0 aliphatic carbocycles.